The molecule has 4 atom stereocenters. The second kappa shape index (κ2) is 37.5. The summed E-state index contributed by atoms with van der Waals surface area (Å²) in [6, 6.07) is 54.4. The summed E-state index contributed by atoms with van der Waals surface area (Å²) in [6.45, 7) is 37.8. The Morgan fingerprint density at radius 2 is 0.513 bits per heavy atom. The van der Waals surface area contributed by atoms with Gasteiger partial charge in [-0.3, -0.25) is 0 Å². The molecule has 0 aliphatic carbocycles. The predicted octanol–water partition coefficient (Wildman–Crippen LogP) is 14.5. The maximum absolute atomic E-state index is 2.43. The number of benzene rings is 4. The normalized spacial score (nSPS) is 13.7. The fourth-order valence-corrected chi connectivity index (χ4v) is 22.7. The molecule has 0 spiro atoms. The van der Waals surface area contributed by atoms with Gasteiger partial charge >= 0.3 is 52.4 Å². The molecule has 8 aromatic rings. The third kappa shape index (κ3) is 22.3. The molecule has 8 rings (SSSR count). The first-order valence-corrected chi connectivity index (χ1v) is 34.5. The first kappa shape index (κ1) is 73.4. The van der Waals surface area contributed by atoms with Crippen molar-refractivity contribution in [2.24, 2.45) is 23.7 Å². The molecule has 0 saturated carbocycles. The van der Waals surface area contributed by atoms with Gasteiger partial charge in [-0.15, -0.1) is 161 Å². The van der Waals surface area contributed by atoms with Crippen molar-refractivity contribution in [2.75, 3.05) is 24.6 Å². The summed E-state index contributed by atoms with van der Waals surface area (Å²) in [5, 5.41) is 17.7. The van der Waals surface area contributed by atoms with Gasteiger partial charge in [0.2, 0.25) is 0 Å². The molecular formula is C68H96Cl2P4Zr2-2. The summed E-state index contributed by atoms with van der Waals surface area (Å²) in [6.07, 6.45) is 10.6. The predicted molar refractivity (Wildman–Crippen MR) is 342 cm³/mol. The average Bonchev–Trinajstić information content (AvgIpc) is 4.18. The zero-order chi connectivity index (χ0) is 52.5. The fourth-order valence-electron chi connectivity index (χ4n) is 10.2. The molecule has 0 nitrogen and oxygen atoms in total. The van der Waals surface area contributed by atoms with E-state index in [2.05, 4.69) is 256 Å². The zero-order valence-electron chi connectivity index (χ0n) is 49.7. The van der Waals surface area contributed by atoms with E-state index in [-0.39, 0.29) is 109 Å². The van der Waals surface area contributed by atoms with Crippen molar-refractivity contribution in [1.29, 1.82) is 0 Å². The second-order valence-corrected chi connectivity index (χ2v) is 33.4. The van der Waals surface area contributed by atoms with Crippen LogP contribution in [0.25, 0.3) is 43.1 Å². The molecule has 0 heterocycles. The maximum Gasteiger partial charge on any atom is 2.00 e. The van der Waals surface area contributed by atoms with Crippen molar-refractivity contribution in [1.82, 2.24) is 0 Å². The molecule has 8 heteroatoms. The Hall–Kier alpha value is -0.614. The molecule has 8 aromatic carbocycles. The van der Waals surface area contributed by atoms with Crippen molar-refractivity contribution in [3.05, 3.63) is 146 Å². The Morgan fingerprint density at radius 3 is 0.711 bits per heavy atom. The van der Waals surface area contributed by atoms with Crippen LogP contribution in [0.1, 0.15) is 136 Å². The van der Waals surface area contributed by atoms with Crippen molar-refractivity contribution < 1.29 is 77.2 Å². The molecule has 0 aliphatic heterocycles. The van der Waals surface area contributed by atoms with Crippen LogP contribution < -0.4 is 46.0 Å². The molecule has 76 heavy (non-hydrogen) atoms. The minimum Gasteiger partial charge on any atom is -1.00 e. The first-order valence-electron chi connectivity index (χ1n) is 28.1. The molecule has 412 valence electrons. The van der Waals surface area contributed by atoms with Crippen LogP contribution in [-0.2, 0) is 52.4 Å². The van der Waals surface area contributed by atoms with Crippen LogP contribution in [0, 0.1) is 23.7 Å². The monoisotopic (exact) mass is 1290 g/mol. The van der Waals surface area contributed by atoms with Gasteiger partial charge in [-0.1, -0.05) is 167 Å². The largest absolute Gasteiger partial charge is 2.00 e. The number of rotatable bonds is 20. The van der Waals surface area contributed by atoms with Crippen LogP contribution in [0.4, 0.5) is 0 Å². The van der Waals surface area contributed by atoms with Gasteiger partial charge in [0.25, 0.3) is 0 Å². The van der Waals surface area contributed by atoms with E-state index in [1.807, 2.05) is 0 Å². The molecule has 0 aromatic heterocycles. The molecule has 4 unspecified atom stereocenters. The number of hydrogen-bond donors (Lipinski definition) is 0. The molecule has 0 saturated heterocycles. The van der Waals surface area contributed by atoms with E-state index in [1.54, 1.807) is 21.2 Å². The summed E-state index contributed by atoms with van der Waals surface area (Å²) >= 11 is 0. The van der Waals surface area contributed by atoms with E-state index >= 15 is 0 Å². The van der Waals surface area contributed by atoms with Gasteiger partial charge in [0.05, 0.1) is 0 Å². The standard InChI is InChI=1S/4C17H24P.2ClH.2Zr/c2*1-13(2)11-18(12-14(3)4)17-9-15-7-5-6-8-16(15)10-17;2*1-5-13(3)18(14(4)6-2)17-11-15-9-7-8-10-16(15)12-17;;;;/h2*5-10,13-14H,11-12H2,1-4H3;2*7-14H,5-6H2,1-4H3;2*1H;;/q4*-1;;;2*+2/p-2. The number of halogens is 2. The summed E-state index contributed by atoms with van der Waals surface area (Å²) < 4.78 is 0. The number of fused-ring (bicyclic) bond motifs is 4. The molecule has 0 aliphatic rings. The van der Waals surface area contributed by atoms with Crippen molar-refractivity contribution >= 4 is 96.0 Å². The number of hydrogen-bond acceptors (Lipinski definition) is 0. The van der Waals surface area contributed by atoms with Crippen LogP contribution in [0.3, 0.4) is 0 Å². The maximum atomic E-state index is 2.43. The average molecular weight is 1290 g/mol. The van der Waals surface area contributed by atoms with Crippen molar-refractivity contribution in [2.45, 2.75) is 159 Å². The van der Waals surface area contributed by atoms with Gasteiger partial charge in [-0.25, -0.2) is 0 Å². The van der Waals surface area contributed by atoms with Gasteiger partial charge in [0, 0.05) is 0 Å². The summed E-state index contributed by atoms with van der Waals surface area (Å²) in [5.41, 5.74) is 3.30. The molecular weight excluding hydrogens is 1190 g/mol. The van der Waals surface area contributed by atoms with Crippen LogP contribution in [0.5, 0.6) is 0 Å². The summed E-state index contributed by atoms with van der Waals surface area (Å²) in [4.78, 5) is 0. The van der Waals surface area contributed by atoms with Gasteiger partial charge in [0.15, 0.2) is 0 Å². The Labute approximate surface area is 521 Å². The van der Waals surface area contributed by atoms with Crippen LogP contribution >= 0.6 is 31.7 Å². The van der Waals surface area contributed by atoms with Gasteiger partial charge in [-0.05, 0) is 96.6 Å². The third-order valence-electron chi connectivity index (χ3n) is 14.3. The molecule has 0 fully saturated rings. The molecule has 0 bridgehead atoms. The van der Waals surface area contributed by atoms with E-state index in [0.29, 0.717) is 0 Å². The molecule has 0 radical (unpaired) electrons. The van der Waals surface area contributed by atoms with E-state index in [0.717, 1.165) is 46.3 Å². The van der Waals surface area contributed by atoms with E-state index in [1.165, 1.54) is 93.4 Å². The van der Waals surface area contributed by atoms with Crippen molar-refractivity contribution in [3.63, 3.8) is 0 Å². The topological polar surface area (TPSA) is 0 Å². The first-order chi connectivity index (χ1) is 34.5. The molecule has 0 amide bonds. The van der Waals surface area contributed by atoms with Gasteiger partial charge in [-0.2, -0.15) is 24.3 Å². The third-order valence-corrected chi connectivity index (χ3v) is 28.0. The smallest absolute Gasteiger partial charge is 1.00 e. The van der Waals surface area contributed by atoms with Crippen LogP contribution in [0.2, 0.25) is 0 Å². The van der Waals surface area contributed by atoms with Gasteiger partial charge < -0.3 is 24.8 Å². The van der Waals surface area contributed by atoms with Crippen LogP contribution in [-0.4, -0.2) is 47.3 Å². The van der Waals surface area contributed by atoms with Crippen LogP contribution in [0.15, 0.2) is 146 Å². The second-order valence-electron chi connectivity index (χ2n) is 22.6. The van der Waals surface area contributed by atoms with Gasteiger partial charge in [0.1, 0.15) is 0 Å². The Morgan fingerprint density at radius 1 is 0.316 bits per heavy atom. The quantitative estimate of drug-likeness (QED) is 0.0527. The zero-order valence-corrected chi connectivity index (χ0v) is 59.7. The Bertz CT molecular complexity index is 2400. The van der Waals surface area contributed by atoms with E-state index < -0.39 is 0 Å². The minimum atomic E-state index is -0.0252. The summed E-state index contributed by atoms with van der Waals surface area (Å²) in [7, 11) is -0.0134. The molecule has 0 N–H and O–H groups in total. The van der Waals surface area contributed by atoms with E-state index in [9.17, 15) is 0 Å². The van der Waals surface area contributed by atoms with Crippen molar-refractivity contribution in [3.8, 4) is 0 Å². The van der Waals surface area contributed by atoms with E-state index in [4.69, 9.17) is 0 Å². The Balaban J connectivity index is 0.000000498. The fraction of sp³-hybridized carbons (Fsp3) is 0.471. The minimum absolute atomic E-state index is 0. The Kier molecular flexibility index (Phi) is 36.2. The SMILES string of the molecule is CC(C)CP(CC(C)C)c1cc2ccccc2[cH-]1.CC(C)CP(CC(C)C)c1cc2ccccc2[cH-]1.CCC(C)P(c1cc2ccccc2[cH-]1)C(C)CC.CCC(C)P(c1cc2ccccc2[cH-]1)C(C)CC.[Cl-].[Cl-].[Zr+2].[Zr+2]. The summed E-state index contributed by atoms with van der Waals surface area (Å²) in [5.74, 6) is 3.20.